The first-order valence-corrected chi connectivity index (χ1v) is 10.8. The van der Waals surface area contributed by atoms with Crippen LogP contribution in [0.2, 0.25) is 0 Å². The molecule has 0 unspecified atom stereocenters. The Morgan fingerprint density at radius 2 is 1.91 bits per heavy atom. The van der Waals surface area contributed by atoms with Crippen LogP contribution in [0.1, 0.15) is 47.5 Å². The van der Waals surface area contributed by atoms with Gasteiger partial charge in [-0.05, 0) is 31.0 Å². The minimum absolute atomic E-state index is 0.0817. The number of anilines is 1. The Balaban J connectivity index is 1.78. The number of carbonyl (C=O) groups is 1. The van der Waals surface area contributed by atoms with Crippen LogP contribution in [0.5, 0.6) is 17.5 Å². The van der Waals surface area contributed by atoms with E-state index in [1.54, 1.807) is 12.1 Å². The van der Waals surface area contributed by atoms with Crippen LogP contribution < -0.4 is 19.5 Å². The molecule has 1 aliphatic heterocycles. The van der Waals surface area contributed by atoms with E-state index in [0.717, 1.165) is 16.1 Å². The van der Waals surface area contributed by atoms with E-state index in [4.69, 9.17) is 19.2 Å². The smallest absolute Gasteiger partial charge is 0.268 e. The minimum Gasteiger partial charge on any atom is -0.481 e. The maximum absolute atomic E-state index is 13.1. The van der Waals surface area contributed by atoms with Crippen LogP contribution in [0.4, 0.5) is 5.13 Å². The summed E-state index contributed by atoms with van der Waals surface area (Å²) >= 11 is 1.36. The van der Waals surface area contributed by atoms with E-state index < -0.39 is 11.5 Å². The summed E-state index contributed by atoms with van der Waals surface area (Å²) in [5, 5.41) is 12.5. The lowest BCUT2D eigenvalue weighted by Crippen LogP contribution is -2.33. The summed E-state index contributed by atoms with van der Waals surface area (Å²) in [5.74, 6) is 0.322. The number of ether oxygens (including phenoxy) is 3. The number of thiazole rings is 1. The topological polar surface area (TPSA) is 119 Å². The zero-order valence-corrected chi connectivity index (χ0v) is 18.9. The van der Waals surface area contributed by atoms with Crippen LogP contribution in [0.25, 0.3) is 11.3 Å². The normalized spacial score (nSPS) is 13.2. The summed E-state index contributed by atoms with van der Waals surface area (Å²) in [6, 6.07) is 7.43. The molecule has 1 aromatic carbocycles. The molecule has 164 valence electrons. The molecule has 4 rings (SSSR count). The van der Waals surface area contributed by atoms with Crippen molar-refractivity contribution in [3.8, 4) is 34.8 Å². The number of fused-ring (bicyclic) bond motifs is 3. The third-order valence-corrected chi connectivity index (χ3v) is 6.62. The van der Waals surface area contributed by atoms with Crippen molar-refractivity contribution in [3.63, 3.8) is 0 Å². The molecule has 0 radical (unpaired) electrons. The van der Waals surface area contributed by atoms with Crippen molar-refractivity contribution < 1.29 is 19.0 Å². The van der Waals surface area contributed by atoms with Crippen molar-refractivity contribution in [3.05, 3.63) is 40.5 Å². The van der Waals surface area contributed by atoms with E-state index in [9.17, 15) is 10.1 Å². The average molecular weight is 452 g/mol. The van der Waals surface area contributed by atoms with E-state index in [1.807, 2.05) is 19.9 Å². The molecule has 1 N–H and O–H groups in total. The Labute approximate surface area is 189 Å². The molecule has 0 aliphatic carbocycles. The van der Waals surface area contributed by atoms with Gasteiger partial charge in [0.2, 0.25) is 11.8 Å². The highest BCUT2D eigenvalue weighted by molar-refractivity contribution is 7.16. The van der Waals surface area contributed by atoms with Crippen LogP contribution in [0.3, 0.4) is 0 Å². The molecule has 0 fully saturated rings. The standard InChI is InChI=1S/C22H21N5O4S/c1-5-22(6-2)17-16(13-8-7-12(10-23)9-14(13)31-22)26-21(32-17)27-18(28)15-19(29-3)24-11-25-20(15)30-4/h7-9,11H,5-6H2,1-4H3,(H,26,27,28). The number of methoxy groups -OCH3 is 2. The Morgan fingerprint density at radius 1 is 1.22 bits per heavy atom. The quantitative estimate of drug-likeness (QED) is 0.594. The molecule has 3 heterocycles. The first kappa shape index (κ1) is 21.5. The number of hydrogen-bond donors (Lipinski definition) is 1. The fourth-order valence-electron chi connectivity index (χ4n) is 3.73. The van der Waals surface area contributed by atoms with Crippen molar-refractivity contribution >= 4 is 22.4 Å². The molecule has 3 aromatic rings. The summed E-state index contributed by atoms with van der Waals surface area (Å²) in [5.41, 5.74) is 1.52. The predicted molar refractivity (Wildman–Crippen MR) is 118 cm³/mol. The molecule has 1 aliphatic rings. The lowest BCUT2D eigenvalue weighted by Gasteiger charge is -2.36. The van der Waals surface area contributed by atoms with Crippen LogP contribution in [0.15, 0.2) is 24.5 Å². The zero-order valence-electron chi connectivity index (χ0n) is 18.1. The fourth-order valence-corrected chi connectivity index (χ4v) is 4.97. The first-order chi connectivity index (χ1) is 15.5. The molecule has 0 saturated carbocycles. The van der Waals surface area contributed by atoms with Crippen LogP contribution in [-0.2, 0) is 5.60 Å². The van der Waals surface area contributed by atoms with Crippen LogP contribution >= 0.6 is 11.3 Å². The molecule has 9 nitrogen and oxygen atoms in total. The minimum atomic E-state index is -0.595. The van der Waals surface area contributed by atoms with E-state index in [1.165, 1.54) is 31.9 Å². The number of nitriles is 1. The predicted octanol–water partition coefficient (Wildman–Crippen LogP) is 4.15. The van der Waals surface area contributed by atoms with Gasteiger partial charge in [-0.2, -0.15) is 5.26 Å². The van der Waals surface area contributed by atoms with Gasteiger partial charge in [0.15, 0.2) is 10.7 Å². The van der Waals surface area contributed by atoms with Gasteiger partial charge in [-0.3, -0.25) is 10.1 Å². The fraction of sp³-hybridized carbons (Fsp3) is 0.318. The Hall–Kier alpha value is -3.71. The van der Waals surface area contributed by atoms with Gasteiger partial charge in [-0.1, -0.05) is 25.2 Å². The van der Waals surface area contributed by atoms with Crippen LogP contribution in [-0.4, -0.2) is 35.1 Å². The molecule has 1 amide bonds. The molecule has 0 saturated heterocycles. The SMILES string of the molecule is CCC1(CC)Oc2cc(C#N)ccc2-c2nc(NC(=O)c3c(OC)ncnc3OC)sc21. The number of nitrogens with zero attached hydrogens (tertiary/aromatic N) is 4. The third-order valence-electron chi connectivity index (χ3n) is 5.47. The monoisotopic (exact) mass is 451 g/mol. The van der Waals surface area contributed by atoms with E-state index in [-0.39, 0.29) is 17.3 Å². The summed E-state index contributed by atoms with van der Waals surface area (Å²) in [7, 11) is 2.84. The second-order valence-electron chi connectivity index (χ2n) is 7.04. The second kappa shape index (κ2) is 8.43. The largest absolute Gasteiger partial charge is 0.481 e. The lowest BCUT2D eigenvalue weighted by atomic mass is 9.89. The number of carbonyl (C=O) groups excluding carboxylic acids is 1. The lowest BCUT2D eigenvalue weighted by molar-refractivity contribution is 0.0582. The zero-order chi connectivity index (χ0) is 22.9. The van der Waals surface area contributed by atoms with Gasteiger partial charge >= 0.3 is 0 Å². The first-order valence-electron chi connectivity index (χ1n) is 9.99. The highest BCUT2D eigenvalue weighted by Crippen LogP contribution is 2.51. The summed E-state index contributed by atoms with van der Waals surface area (Å²) in [6.07, 6.45) is 2.67. The highest BCUT2D eigenvalue weighted by atomic mass is 32.1. The number of amides is 1. The molecule has 2 aromatic heterocycles. The number of benzene rings is 1. The molecule has 0 bridgehead atoms. The van der Waals surface area contributed by atoms with Gasteiger partial charge in [-0.25, -0.2) is 15.0 Å². The van der Waals surface area contributed by atoms with E-state index in [2.05, 4.69) is 21.4 Å². The van der Waals surface area contributed by atoms with Crippen molar-refractivity contribution in [1.29, 1.82) is 5.26 Å². The molecular weight excluding hydrogens is 430 g/mol. The molecular formula is C22H21N5O4S. The maximum atomic E-state index is 13.1. The van der Waals surface area contributed by atoms with Gasteiger partial charge in [-0.15, -0.1) is 0 Å². The van der Waals surface area contributed by atoms with Gasteiger partial charge < -0.3 is 14.2 Å². The Bertz CT molecular complexity index is 1210. The van der Waals surface area contributed by atoms with Crippen molar-refractivity contribution in [2.45, 2.75) is 32.3 Å². The molecule has 32 heavy (non-hydrogen) atoms. The number of aromatic nitrogens is 3. The number of hydrogen-bond acceptors (Lipinski definition) is 9. The van der Waals surface area contributed by atoms with Gasteiger partial charge in [0, 0.05) is 5.56 Å². The number of nitrogens with one attached hydrogen (secondary N) is 1. The maximum Gasteiger partial charge on any atom is 0.268 e. The highest BCUT2D eigenvalue weighted by Gasteiger charge is 2.41. The molecule has 10 heteroatoms. The van der Waals surface area contributed by atoms with Crippen molar-refractivity contribution in [2.75, 3.05) is 19.5 Å². The van der Waals surface area contributed by atoms with E-state index >= 15 is 0 Å². The van der Waals surface area contributed by atoms with Crippen molar-refractivity contribution in [1.82, 2.24) is 15.0 Å². The van der Waals surface area contributed by atoms with Gasteiger partial charge in [0.25, 0.3) is 5.91 Å². The summed E-state index contributed by atoms with van der Waals surface area (Å²) in [4.78, 5) is 26.7. The van der Waals surface area contributed by atoms with Crippen LogP contribution in [0, 0.1) is 11.3 Å². The third kappa shape index (κ3) is 3.40. The van der Waals surface area contributed by atoms with Gasteiger partial charge in [0.1, 0.15) is 17.7 Å². The average Bonchev–Trinajstić information content (AvgIpc) is 3.26. The second-order valence-corrected chi connectivity index (χ2v) is 8.04. The summed E-state index contributed by atoms with van der Waals surface area (Å²) < 4.78 is 16.8. The van der Waals surface area contributed by atoms with E-state index in [0.29, 0.717) is 29.3 Å². The molecule has 0 atom stereocenters. The molecule has 0 spiro atoms. The van der Waals surface area contributed by atoms with Gasteiger partial charge in [0.05, 0.1) is 36.4 Å². The van der Waals surface area contributed by atoms with Crippen molar-refractivity contribution in [2.24, 2.45) is 0 Å². The number of rotatable bonds is 6. The Kier molecular flexibility index (Phi) is 5.67. The Morgan fingerprint density at radius 3 is 2.50 bits per heavy atom. The summed E-state index contributed by atoms with van der Waals surface area (Å²) in [6.45, 7) is 4.09.